The third kappa shape index (κ3) is 2.26. The largest absolute Gasteiger partial charge is 0.458 e. The summed E-state index contributed by atoms with van der Waals surface area (Å²) in [6.07, 6.45) is 1.01. The Morgan fingerprint density at radius 3 is 2.79 bits per heavy atom. The summed E-state index contributed by atoms with van der Waals surface area (Å²) >= 11 is 0. The molecule has 1 fully saturated rings. The normalized spacial score (nSPS) is 18.9. The number of hydrogen-bond donors (Lipinski definition) is 1. The van der Waals surface area contributed by atoms with Crippen LogP contribution in [0.1, 0.15) is 30.3 Å². The lowest BCUT2D eigenvalue weighted by molar-refractivity contribution is -0.000798. The van der Waals surface area contributed by atoms with Crippen LogP contribution in [0, 0.1) is 18.7 Å². The molecule has 1 aliphatic heterocycles. The first-order valence-corrected chi connectivity index (χ1v) is 6.61. The highest BCUT2D eigenvalue weighted by Gasteiger charge is 2.28. The number of fused-ring (bicyclic) bond motifs is 1. The van der Waals surface area contributed by atoms with Gasteiger partial charge in [-0.15, -0.1) is 0 Å². The Morgan fingerprint density at radius 2 is 2.05 bits per heavy atom. The van der Waals surface area contributed by atoms with Gasteiger partial charge in [0.15, 0.2) is 0 Å². The van der Waals surface area contributed by atoms with E-state index in [1.165, 1.54) is 12.1 Å². The van der Waals surface area contributed by atoms with Crippen LogP contribution in [0.15, 0.2) is 22.6 Å². The van der Waals surface area contributed by atoms with Gasteiger partial charge in [-0.2, -0.15) is 0 Å². The van der Waals surface area contributed by atoms with Gasteiger partial charge in [0.2, 0.25) is 0 Å². The van der Waals surface area contributed by atoms with Gasteiger partial charge in [0, 0.05) is 24.2 Å². The zero-order valence-electron chi connectivity index (χ0n) is 10.9. The van der Waals surface area contributed by atoms with Crippen molar-refractivity contribution in [3.05, 3.63) is 35.3 Å². The Morgan fingerprint density at radius 1 is 1.32 bits per heavy atom. The fourth-order valence-corrected chi connectivity index (χ4v) is 2.74. The molecule has 1 aliphatic rings. The number of rotatable bonds is 2. The molecule has 2 heterocycles. The molecule has 1 atom stereocenters. The van der Waals surface area contributed by atoms with Gasteiger partial charge in [0.25, 0.3) is 0 Å². The fourth-order valence-electron chi connectivity index (χ4n) is 2.74. The molecule has 2 aromatic rings. The van der Waals surface area contributed by atoms with Crippen molar-refractivity contribution in [3.8, 4) is 0 Å². The zero-order valence-corrected chi connectivity index (χ0v) is 10.9. The number of ether oxygens (including phenoxy) is 1. The first-order valence-electron chi connectivity index (χ1n) is 6.61. The van der Waals surface area contributed by atoms with E-state index in [1.807, 2.05) is 6.92 Å². The highest BCUT2D eigenvalue weighted by atomic mass is 19.1. The monoisotopic (exact) mass is 264 g/mol. The molecular weight excluding hydrogens is 247 g/mol. The number of aliphatic hydroxyl groups excluding tert-OH is 1. The van der Waals surface area contributed by atoms with Gasteiger partial charge in [-0.25, -0.2) is 4.39 Å². The van der Waals surface area contributed by atoms with Crippen LogP contribution in [0.3, 0.4) is 0 Å². The third-order valence-electron chi connectivity index (χ3n) is 3.92. The zero-order chi connectivity index (χ0) is 13.4. The van der Waals surface area contributed by atoms with E-state index < -0.39 is 6.10 Å². The van der Waals surface area contributed by atoms with Gasteiger partial charge in [0.05, 0.1) is 0 Å². The van der Waals surface area contributed by atoms with Gasteiger partial charge >= 0.3 is 0 Å². The van der Waals surface area contributed by atoms with E-state index in [1.54, 1.807) is 6.07 Å². The van der Waals surface area contributed by atoms with Gasteiger partial charge in [-0.1, -0.05) is 0 Å². The standard InChI is InChI=1S/C15H17FO3/c1-9-12-8-11(16)2-3-13(12)19-15(9)14(17)10-4-6-18-7-5-10/h2-3,8,10,14,17H,4-7H2,1H3. The number of hydrogen-bond acceptors (Lipinski definition) is 3. The van der Waals surface area contributed by atoms with Crippen LogP contribution in [0.4, 0.5) is 4.39 Å². The SMILES string of the molecule is Cc1c(C(O)C2CCOCC2)oc2ccc(F)cc12. The van der Waals surface area contributed by atoms with Crippen LogP contribution in [0.2, 0.25) is 0 Å². The molecule has 102 valence electrons. The summed E-state index contributed by atoms with van der Waals surface area (Å²) in [4.78, 5) is 0. The molecule has 1 saturated heterocycles. The molecule has 0 radical (unpaired) electrons. The molecule has 19 heavy (non-hydrogen) atoms. The van der Waals surface area contributed by atoms with Crippen LogP contribution in [-0.4, -0.2) is 18.3 Å². The van der Waals surface area contributed by atoms with Crippen molar-refractivity contribution in [3.63, 3.8) is 0 Å². The Hall–Kier alpha value is -1.39. The molecule has 1 N–H and O–H groups in total. The maximum absolute atomic E-state index is 13.3. The topological polar surface area (TPSA) is 42.6 Å². The third-order valence-corrected chi connectivity index (χ3v) is 3.92. The smallest absolute Gasteiger partial charge is 0.136 e. The summed E-state index contributed by atoms with van der Waals surface area (Å²) in [5.74, 6) is 0.425. The van der Waals surface area contributed by atoms with Crippen LogP contribution in [-0.2, 0) is 4.74 Å². The molecule has 0 aliphatic carbocycles. The highest BCUT2D eigenvalue weighted by Crippen LogP contribution is 2.36. The predicted molar refractivity (Wildman–Crippen MR) is 69.4 cm³/mol. The maximum atomic E-state index is 13.3. The molecule has 0 saturated carbocycles. The summed E-state index contributed by atoms with van der Waals surface area (Å²) in [6.45, 7) is 3.22. The minimum Gasteiger partial charge on any atom is -0.458 e. The van der Waals surface area contributed by atoms with Crippen molar-refractivity contribution < 1.29 is 18.7 Å². The molecule has 3 rings (SSSR count). The second-order valence-electron chi connectivity index (χ2n) is 5.13. The predicted octanol–water partition coefficient (Wildman–Crippen LogP) is 3.34. The average Bonchev–Trinajstić information content (AvgIpc) is 2.76. The van der Waals surface area contributed by atoms with E-state index >= 15 is 0 Å². The number of halogens is 1. The highest BCUT2D eigenvalue weighted by molar-refractivity contribution is 5.82. The molecule has 4 heteroatoms. The van der Waals surface area contributed by atoms with Crippen molar-refractivity contribution in [2.45, 2.75) is 25.9 Å². The average molecular weight is 264 g/mol. The molecule has 1 aromatic heterocycles. The first kappa shape index (κ1) is 12.6. The van der Waals surface area contributed by atoms with Gasteiger partial charge in [-0.05, 0) is 43.9 Å². The van der Waals surface area contributed by atoms with Crippen LogP contribution >= 0.6 is 0 Å². The van der Waals surface area contributed by atoms with Crippen LogP contribution < -0.4 is 0 Å². The van der Waals surface area contributed by atoms with E-state index in [9.17, 15) is 9.50 Å². The molecule has 1 aromatic carbocycles. The summed E-state index contributed by atoms with van der Waals surface area (Å²) in [6, 6.07) is 4.43. The summed E-state index contributed by atoms with van der Waals surface area (Å²) in [5.41, 5.74) is 1.45. The molecule has 0 amide bonds. The summed E-state index contributed by atoms with van der Waals surface area (Å²) < 4.78 is 24.3. The number of aliphatic hydroxyl groups is 1. The molecular formula is C15H17FO3. The lowest BCUT2D eigenvalue weighted by Crippen LogP contribution is -2.22. The van der Waals surface area contributed by atoms with Crippen LogP contribution in [0.25, 0.3) is 11.0 Å². The second-order valence-corrected chi connectivity index (χ2v) is 5.13. The van der Waals surface area contributed by atoms with E-state index in [2.05, 4.69) is 0 Å². The van der Waals surface area contributed by atoms with Crippen molar-refractivity contribution in [2.24, 2.45) is 5.92 Å². The number of benzene rings is 1. The first-order chi connectivity index (χ1) is 9.16. The quantitative estimate of drug-likeness (QED) is 0.904. The minimum absolute atomic E-state index is 0.151. The van der Waals surface area contributed by atoms with E-state index in [0.717, 1.165) is 23.8 Å². The maximum Gasteiger partial charge on any atom is 0.136 e. The van der Waals surface area contributed by atoms with E-state index in [-0.39, 0.29) is 11.7 Å². The molecule has 0 bridgehead atoms. The van der Waals surface area contributed by atoms with E-state index in [4.69, 9.17) is 9.15 Å². The van der Waals surface area contributed by atoms with Crippen molar-refractivity contribution >= 4 is 11.0 Å². The lowest BCUT2D eigenvalue weighted by Gasteiger charge is -2.25. The Bertz CT molecular complexity index is 584. The van der Waals surface area contributed by atoms with Gasteiger partial charge < -0.3 is 14.3 Å². The number of aryl methyl sites for hydroxylation is 1. The summed E-state index contributed by atoms with van der Waals surface area (Å²) in [7, 11) is 0. The van der Waals surface area contributed by atoms with Gasteiger partial charge in [0.1, 0.15) is 23.3 Å². The Balaban J connectivity index is 1.97. The second kappa shape index (κ2) is 4.94. The van der Waals surface area contributed by atoms with Gasteiger partial charge in [-0.3, -0.25) is 0 Å². The van der Waals surface area contributed by atoms with Crippen LogP contribution in [0.5, 0.6) is 0 Å². The molecule has 3 nitrogen and oxygen atoms in total. The van der Waals surface area contributed by atoms with Crippen molar-refractivity contribution in [1.82, 2.24) is 0 Å². The Kier molecular flexibility index (Phi) is 3.29. The Labute approximate surface area is 111 Å². The van der Waals surface area contributed by atoms with E-state index in [0.29, 0.717) is 24.6 Å². The minimum atomic E-state index is -0.639. The molecule has 0 spiro atoms. The van der Waals surface area contributed by atoms with Crippen molar-refractivity contribution in [2.75, 3.05) is 13.2 Å². The molecule has 1 unspecified atom stereocenters. The number of furan rings is 1. The summed E-state index contributed by atoms with van der Waals surface area (Å²) in [5, 5.41) is 11.2. The van der Waals surface area contributed by atoms with Crippen molar-refractivity contribution in [1.29, 1.82) is 0 Å². The fraction of sp³-hybridized carbons (Fsp3) is 0.467. The lowest BCUT2D eigenvalue weighted by atomic mass is 9.91.